The Morgan fingerprint density at radius 1 is 1.21 bits per heavy atom. The summed E-state index contributed by atoms with van der Waals surface area (Å²) in [7, 11) is 1.89. The maximum Gasteiger partial charge on any atom is 0.255 e. The van der Waals surface area contributed by atoms with Crippen molar-refractivity contribution in [2.45, 2.75) is 50.8 Å². The van der Waals surface area contributed by atoms with Gasteiger partial charge in [-0.3, -0.25) is 19.4 Å². The molecule has 6 rings (SSSR count). The number of fused-ring (bicyclic) bond motifs is 1. The predicted molar refractivity (Wildman–Crippen MR) is 128 cm³/mol. The molecular weight excluding hydrogens is 428 g/mol. The molecule has 4 heterocycles. The van der Waals surface area contributed by atoms with Gasteiger partial charge in [0.15, 0.2) is 0 Å². The van der Waals surface area contributed by atoms with Gasteiger partial charge < -0.3 is 15.0 Å². The Labute approximate surface area is 197 Å². The number of aromatic nitrogens is 5. The van der Waals surface area contributed by atoms with Gasteiger partial charge in [0, 0.05) is 55.4 Å². The van der Waals surface area contributed by atoms with Gasteiger partial charge in [0.1, 0.15) is 5.52 Å². The monoisotopic (exact) mass is 456 g/mol. The second-order valence-corrected chi connectivity index (χ2v) is 9.72. The average molecular weight is 457 g/mol. The van der Waals surface area contributed by atoms with Crippen LogP contribution >= 0.6 is 0 Å². The maximum atomic E-state index is 13.2. The number of aryl methyl sites for hydroxylation is 1. The van der Waals surface area contributed by atoms with Crippen LogP contribution in [0.3, 0.4) is 0 Å². The van der Waals surface area contributed by atoms with Crippen LogP contribution in [0.15, 0.2) is 55.2 Å². The molecule has 0 radical (unpaired) electrons. The third-order valence-electron chi connectivity index (χ3n) is 7.52. The third-order valence-corrected chi connectivity index (χ3v) is 7.52. The molecule has 0 aliphatic heterocycles. The van der Waals surface area contributed by atoms with Crippen molar-refractivity contribution in [2.75, 3.05) is 0 Å². The summed E-state index contributed by atoms with van der Waals surface area (Å²) in [5, 5.41) is 17.9. The van der Waals surface area contributed by atoms with Crippen molar-refractivity contribution < 1.29 is 9.90 Å². The number of rotatable bonds is 5. The first kappa shape index (κ1) is 21.0. The summed E-state index contributed by atoms with van der Waals surface area (Å²) in [5.41, 5.74) is 4.94. The second-order valence-electron chi connectivity index (χ2n) is 9.72. The number of aliphatic hydroxyl groups is 1. The van der Waals surface area contributed by atoms with Crippen LogP contribution in [0.1, 0.15) is 48.0 Å². The summed E-state index contributed by atoms with van der Waals surface area (Å²) in [6, 6.07) is 7.96. The van der Waals surface area contributed by atoms with Gasteiger partial charge in [0.25, 0.3) is 5.91 Å². The Morgan fingerprint density at radius 2 is 2.12 bits per heavy atom. The maximum absolute atomic E-state index is 13.2. The van der Waals surface area contributed by atoms with Crippen LogP contribution in [0.2, 0.25) is 0 Å². The first-order valence-corrected chi connectivity index (χ1v) is 11.9. The molecular formula is C26H28N6O2. The van der Waals surface area contributed by atoms with Crippen molar-refractivity contribution in [3.05, 3.63) is 66.4 Å². The SMILES string of the molecule is Cn1cc(-c2ccc(Cn3cc(C(=O)N[C@H]4CC45CCCC[C@@H]5O)c4ncccc43)cn2)cn1. The van der Waals surface area contributed by atoms with Crippen LogP contribution in [0.4, 0.5) is 0 Å². The molecule has 34 heavy (non-hydrogen) atoms. The van der Waals surface area contributed by atoms with E-state index < -0.39 is 0 Å². The summed E-state index contributed by atoms with van der Waals surface area (Å²) < 4.78 is 3.81. The molecule has 0 bridgehead atoms. The number of nitrogens with zero attached hydrogens (tertiary/aromatic N) is 5. The van der Waals surface area contributed by atoms with E-state index in [-0.39, 0.29) is 23.5 Å². The zero-order valence-electron chi connectivity index (χ0n) is 19.2. The Bertz CT molecular complexity index is 1360. The molecule has 1 spiro atoms. The zero-order valence-corrected chi connectivity index (χ0v) is 19.2. The smallest absolute Gasteiger partial charge is 0.255 e. The third kappa shape index (κ3) is 3.58. The largest absolute Gasteiger partial charge is 0.392 e. The number of amides is 1. The Morgan fingerprint density at radius 3 is 2.88 bits per heavy atom. The van der Waals surface area contributed by atoms with Crippen LogP contribution in [-0.4, -0.2) is 47.5 Å². The standard InChI is InChI=1S/C26H28N6O2/c1-31-15-18(13-29-31)20-8-7-17(12-28-20)14-32-16-19(24-21(32)5-4-10-27-24)25(34)30-22-11-26(22)9-3-2-6-23(26)33/h4-5,7-8,10,12-13,15-16,22-23,33H,2-3,6,9,11,14H2,1H3,(H,30,34)/t22-,23-,26?/m0/s1. The van der Waals surface area contributed by atoms with Crippen LogP contribution in [0.25, 0.3) is 22.3 Å². The van der Waals surface area contributed by atoms with Gasteiger partial charge in [-0.1, -0.05) is 18.9 Å². The summed E-state index contributed by atoms with van der Waals surface area (Å²) in [4.78, 5) is 22.4. The molecule has 2 fully saturated rings. The summed E-state index contributed by atoms with van der Waals surface area (Å²) in [6.07, 6.45) is 13.8. The molecule has 3 atom stereocenters. The average Bonchev–Trinajstić information content (AvgIpc) is 3.15. The highest BCUT2D eigenvalue weighted by Gasteiger charge is 2.59. The number of pyridine rings is 2. The number of aliphatic hydroxyl groups excluding tert-OH is 1. The van der Waals surface area contributed by atoms with Gasteiger partial charge in [-0.2, -0.15) is 5.10 Å². The molecule has 8 heteroatoms. The van der Waals surface area contributed by atoms with Crippen LogP contribution in [0.5, 0.6) is 0 Å². The first-order valence-electron chi connectivity index (χ1n) is 11.9. The van der Waals surface area contributed by atoms with Crippen molar-refractivity contribution in [3.8, 4) is 11.3 Å². The molecule has 4 aromatic rings. The summed E-state index contributed by atoms with van der Waals surface area (Å²) in [5.74, 6) is -0.118. The topological polar surface area (TPSA) is 97.9 Å². The van der Waals surface area contributed by atoms with E-state index in [1.165, 1.54) is 0 Å². The zero-order chi connectivity index (χ0) is 23.3. The molecule has 2 N–H and O–H groups in total. The summed E-state index contributed by atoms with van der Waals surface area (Å²) >= 11 is 0. The first-order chi connectivity index (χ1) is 16.5. The van der Waals surface area contributed by atoms with E-state index in [1.807, 2.05) is 43.8 Å². The number of carbonyl (C=O) groups is 1. The van der Waals surface area contributed by atoms with E-state index in [0.29, 0.717) is 17.6 Å². The van der Waals surface area contributed by atoms with Gasteiger partial charge in [-0.15, -0.1) is 0 Å². The second kappa shape index (κ2) is 8.06. The number of nitrogens with one attached hydrogen (secondary N) is 1. The minimum atomic E-state index is -0.312. The number of hydrogen-bond donors (Lipinski definition) is 2. The van der Waals surface area contributed by atoms with E-state index in [4.69, 9.17) is 0 Å². The van der Waals surface area contributed by atoms with Crippen molar-refractivity contribution >= 4 is 16.9 Å². The van der Waals surface area contributed by atoms with E-state index in [1.54, 1.807) is 17.1 Å². The molecule has 8 nitrogen and oxygen atoms in total. The van der Waals surface area contributed by atoms with E-state index in [0.717, 1.165) is 54.4 Å². The number of carbonyl (C=O) groups excluding carboxylic acids is 1. The lowest BCUT2D eigenvalue weighted by atomic mass is 9.83. The minimum Gasteiger partial charge on any atom is -0.392 e. The molecule has 0 saturated heterocycles. The van der Waals surface area contributed by atoms with Gasteiger partial charge >= 0.3 is 0 Å². The van der Waals surface area contributed by atoms with Gasteiger partial charge in [-0.05, 0) is 43.0 Å². The lowest BCUT2D eigenvalue weighted by Crippen LogP contribution is -2.36. The molecule has 4 aromatic heterocycles. The van der Waals surface area contributed by atoms with E-state index in [2.05, 4.69) is 31.0 Å². The quantitative estimate of drug-likeness (QED) is 0.480. The highest BCUT2D eigenvalue weighted by atomic mass is 16.3. The van der Waals surface area contributed by atoms with Gasteiger partial charge in [0.05, 0.1) is 29.1 Å². The van der Waals surface area contributed by atoms with Gasteiger partial charge in [0.2, 0.25) is 0 Å². The van der Waals surface area contributed by atoms with Crippen molar-refractivity contribution in [2.24, 2.45) is 12.5 Å². The fourth-order valence-electron chi connectivity index (χ4n) is 5.50. The van der Waals surface area contributed by atoms with E-state index in [9.17, 15) is 9.90 Å². The molecule has 2 aliphatic carbocycles. The predicted octanol–water partition coefficient (Wildman–Crippen LogP) is 3.30. The molecule has 2 aliphatic rings. The van der Waals surface area contributed by atoms with Crippen LogP contribution < -0.4 is 5.32 Å². The highest BCUT2D eigenvalue weighted by Crippen LogP contribution is 2.56. The minimum absolute atomic E-state index is 0.0432. The number of hydrogen-bond acceptors (Lipinski definition) is 5. The fraction of sp³-hybridized carbons (Fsp3) is 0.385. The molecule has 1 unspecified atom stereocenters. The summed E-state index contributed by atoms with van der Waals surface area (Å²) in [6.45, 7) is 0.585. The fourth-order valence-corrected chi connectivity index (χ4v) is 5.50. The normalized spacial score (nSPS) is 23.9. The Kier molecular flexibility index (Phi) is 4.99. The van der Waals surface area contributed by atoms with Crippen molar-refractivity contribution in [1.82, 2.24) is 29.6 Å². The van der Waals surface area contributed by atoms with Crippen LogP contribution in [0, 0.1) is 5.41 Å². The lowest BCUT2D eigenvalue weighted by Gasteiger charge is -2.28. The van der Waals surface area contributed by atoms with Crippen molar-refractivity contribution in [1.29, 1.82) is 0 Å². The van der Waals surface area contributed by atoms with E-state index >= 15 is 0 Å². The molecule has 174 valence electrons. The lowest BCUT2D eigenvalue weighted by molar-refractivity contribution is 0.0478. The Hall–Kier alpha value is -3.52. The van der Waals surface area contributed by atoms with Gasteiger partial charge in [-0.25, -0.2) is 0 Å². The van der Waals surface area contributed by atoms with Crippen molar-refractivity contribution in [3.63, 3.8) is 0 Å². The molecule has 0 aromatic carbocycles. The van der Waals surface area contributed by atoms with Crippen LogP contribution in [-0.2, 0) is 13.6 Å². The Balaban J connectivity index is 1.23. The molecule has 1 amide bonds. The highest BCUT2D eigenvalue weighted by molar-refractivity contribution is 6.05. The molecule has 2 saturated carbocycles.